The standard InChI is InChI=1S/C10H14N2O3S/c11-9(13)7-16-5-3-10(14)12-6-8-2-1-4-15-8/h1-2,4H,3,5-7H2,(H2,11,13)(H,12,14). The van der Waals surface area contributed by atoms with Gasteiger partial charge in [0.1, 0.15) is 5.76 Å². The molecule has 0 aromatic carbocycles. The van der Waals surface area contributed by atoms with Crippen molar-refractivity contribution in [3.8, 4) is 0 Å². The number of hydrogen-bond donors (Lipinski definition) is 2. The molecular formula is C10H14N2O3S. The number of carbonyl (C=O) groups excluding carboxylic acids is 2. The van der Waals surface area contributed by atoms with Gasteiger partial charge in [-0.05, 0) is 12.1 Å². The molecule has 16 heavy (non-hydrogen) atoms. The molecule has 0 fully saturated rings. The lowest BCUT2D eigenvalue weighted by molar-refractivity contribution is -0.121. The molecule has 0 unspecified atom stereocenters. The van der Waals surface area contributed by atoms with Crippen LogP contribution in [0.4, 0.5) is 0 Å². The van der Waals surface area contributed by atoms with Crippen LogP contribution >= 0.6 is 11.8 Å². The predicted octanol–water partition coefficient (Wildman–Crippen LogP) is 0.504. The lowest BCUT2D eigenvalue weighted by atomic mass is 10.4. The van der Waals surface area contributed by atoms with Gasteiger partial charge in [-0.25, -0.2) is 0 Å². The first-order valence-corrected chi connectivity index (χ1v) is 5.99. The second kappa shape index (κ2) is 6.95. The maximum absolute atomic E-state index is 11.3. The number of amides is 2. The van der Waals surface area contributed by atoms with Crippen molar-refractivity contribution < 1.29 is 14.0 Å². The van der Waals surface area contributed by atoms with Crippen molar-refractivity contribution in [2.75, 3.05) is 11.5 Å². The summed E-state index contributed by atoms with van der Waals surface area (Å²) in [6.45, 7) is 0.395. The van der Waals surface area contributed by atoms with E-state index in [4.69, 9.17) is 10.2 Å². The summed E-state index contributed by atoms with van der Waals surface area (Å²) >= 11 is 1.35. The third-order valence-corrected chi connectivity index (χ3v) is 2.74. The minimum atomic E-state index is -0.360. The van der Waals surface area contributed by atoms with Crippen LogP contribution in [0.5, 0.6) is 0 Å². The molecule has 6 heteroatoms. The molecule has 0 aliphatic rings. The fourth-order valence-electron chi connectivity index (χ4n) is 1.02. The van der Waals surface area contributed by atoms with Gasteiger partial charge in [0, 0.05) is 12.2 Å². The molecule has 0 radical (unpaired) electrons. The van der Waals surface area contributed by atoms with Gasteiger partial charge < -0.3 is 15.5 Å². The Hall–Kier alpha value is -1.43. The molecule has 0 bridgehead atoms. The Morgan fingerprint density at radius 3 is 2.94 bits per heavy atom. The topological polar surface area (TPSA) is 85.3 Å². The van der Waals surface area contributed by atoms with E-state index in [2.05, 4.69) is 5.32 Å². The van der Waals surface area contributed by atoms with Crippen molar-refractivity contribution >= 4 is 23.6 Å². The molecule has 0 saturated heterocycles. The van der Waals surface area contributed by atoms with Crippen LogP contribution in [-0.2, 0) is 16.1 Å². The highest BCUT2D eigenvalue weighted by atomic mass is 32.2. The summed E-state index contributed by atoms with van der Waals surface area (Å²) in [6.07, 6.45) is 1.93. The van der Waals surface area contributed by atoms with Crippen molar-refractivity contribution in [1.82, 2.24) is 5.32 Å². The molecule has 0 saturated carbocycles. The van der Waals surface area contributed by atoms with Gasteiger partial charge in [0.15, 0.2) is 0 Å². The van der Waals surface area contributed by atoms with Gasteiger partial charge in [0.2, 0.25) is 11.8 Å². The third-order valence-electron chi connectivity index (χ3n) is 1.76. The van der Waals surface area contributed by atoms with Gasteiger partial charge >= 0.3 is 0 Å². The Morgan fingerprint density at radius 1 is 1.50 bits per heavy atom. The van der Waals surface area contributed by atoms with E-state index < -0.39 is 0 Å². The quantitative estimate of drug-likeness (QED) is 0.682. The Balaban J connectivity index is 2.05. The van der Waals surface area contributed by atoms with E-state index in [1.807, 2.05) is 0 Å². The highest BCUT2D eigenvalue weighted by Crippen LogP contribution is 2.02. The minimum Gasteiger partial charge on any atom is -0.467 e. The SMILES string of the molecule is NC(=O)CSCCC(=O)NCc1ccco1. The number of hydrogen-bond acceptors (Lipinski definition) is 4. The molecule has 0 spiro atoms. The Bertz CT molecular complexity index is 338. The van der Waals surface area contributed by atoms with Crippen LogP contribution in [-0.4, -0.2) is 23.3 Å². The van der Waals surface area contributed by atoms with Crippen molar-refractivity contribution in [3.63, 3.8) is 0 Å². The molecule has 0 aliphatic heterocycles. The van der Waals surface area contributed by atoms with Gasteiger partial charge in [-0.1, -0.05) is 0 Å². The number of furan rings is 1. The zero-order chi connectivity index (χ0) is 11.8. The molecule has 0 aliphatic carbocycles. The van der Waals surface area contributed by atoms with Gasteiger partial charge in [-0.3, -0.25) is 9.59 Å². The number of nitrogens with two attached hydrogens (primary N) is 1. The molecular weight excluding hydrogens is 228 g/mol. The molecule has 1 rings (SSSR count). The lowest BCUT2D eigenvalue weighted by Crippen LogP contribution is -2.23. The smallest absolute Gasteiger partial charge is 0.227 e. The first-order chi connectivity index (χ1) is 7.68. The number of rotatable bonds is 7. The fourth-order valence-corrected chi connectivity index (χ4v) is 1.70. The Morgan fingerprint density at radius 2 is 2.31 bits per heavy atom. The summed E-state index contributed by atoms with van der Waals surface area (Å²) in [5, 5.41) is 2.71. The average Bonchev–Trinajstić information content (AvgIpc) is 2.74. The second-order valence-corrected chi connectivity index (χ2v) is 4.23. The van der Waals surface area contributed by atoms with Gasteiger partial charge in [0.25, 0.3) is 0 Å². The lowest BCUT2D eigenvalue weighted by Gasteiger charge is -2.02. The Kier molecular flexibility index (Phi) is 5.49. The number of nitrogens with one attached hydrogen (secondary N) is 1. The van der Waals surface area contributed by atoms with Crippen molar-refractivity contribution in [2.45, 2.75) is 13.0 Å². The van der Waals surface area contributed by atoms with Crippen LogP contribution in [0.2, 0.25) is 0 Å². The maximum atomic E-state index is 11.3. The van der Waals surface area contributed by atoms with E-state index in [0.29, 0.717) is 18.7 Å². The molecule has 1 aromatic heterocycles. The molecule has 2 amide bonds. The third kappa shape index (κ3) is 5.45. The van der Waals surface area contributed by atoms with Gasteiger partial charge in [0.05, 0.1) is 18.6 Å². The van der Waals surface area contributed by atoms with Gasteiger partial charge in [-0.15, -0.1) is 0 Å². The maximum Gasteiger partial charge on any atom is 0.227 e. The predicted molar refractivity (Wildman–Crippen MR) is 61.7 cm³/mol. The normalized spacial score (nSPS) is 10.0. The molecule has 5 nitrogen and oxygen atoms in total. The van der Waals surface area contributed by atoms with Crippen LogP contribution in [0.3, 0.4) is 0 Å². The van der Waals surface area contributed by atoms with Crippen molar-refractivity contribution in [3.05, 3.63) is 24.2 Å². The molecule has 88 valence electrons. The summed E-state index contributed by atoms with van der Waals surface area (Å²) < 4.78 is 5.06. The number of thioether (sulfide) groups is 1. The highest BCUT2D eigenvalue weighted by Gasteiger charge is 2.03. The fraction of sp³-hybridized carbons (Fsp3) is 0.400. The van der Waals surface area contributed by atoms with Crippen LogP contribution in [0.15, 0.2) is 22.8 Å². The van der Waals surface area contributed by atoms with E-state index in [9.17, 15) is 9.59 Å². The summed E-state index contributed by atoms with van der Waals surface area (Å²) in [5.41, 5.74) is 4.96. The molecule has 0 atom stereocenters. The van der Waals surface area contributed by atoms with E-state index in [1.165, 1.54) is 11.8 Å². The second-order valence-electron chi connectivity index (χ2n) is 3.12. The summed E-state index contributed by atoms with van der Waals surface area (Å²) in [6, 6.07) is 3.56. The van der Waals surface area contributed by atoms with E-state index in [1.54, 1.807) is 18.4 Å². The van der Waals surface area contributed by atoms with Gasteiger partial charge in [-0.2, -0.15) is 11.8 Å². The van der Waals surface area contributed by atoms with Crippen LogP contribution in [0.25, 0.3) is 0 Å². The number of primary amides is 1. The van der Waals surface area contributed by atoms with Crippen molar-refractivity contribution in [2.24, 2.45) is 5.73 Å². The largest absolute Gasteiger partial charge is 0.467 e. The monoisotopic (exact) mass is 242 g/mol. The first-order valence-electron chi connectivity index (χ1n) is 4.83. The van der Waals surface area contributed by atoms with E-state index in [-0.39, 0.29) is 17.6 Å². The van der Waals surface area contributed by atoms with Crippen LogP contribution in [0, 0.1) is 0 Å². The Labute approximate surface area is 97.8 Å². The van der Waals surface area contributed by atoms with Crippen LogP contribution < -0.4 is 11.1 Å². The zero-order valence-corrected chi connectivity index (χ0v) is 9.59. The summed E-state index contributed by atoms with van der Waals surface area (Å²) in [5.74, 6) is 1.14. The molecule has 1 aromatic rings. The minimum absolute atomic E-state index is 0.0617. The average molecular weight is 242 g/mol. The molecule has 1 heterocycles. The van der Waals surface area contributed by atoms with Crippen molar-refractivity contribution in [1.29, 1.82) is 0 Å². The zero-order valence-electron chi connectivity index (χ0n) is 8.77. The molecule has 3 N–H and O–H groups in total. The summed E-state index contributed by atoms with van der Waals surface area (Å²) in [7, 11) is 0. The summed E-state index contributed by atoms with van der Waals surface area (Å²) in [4.78, 5) is 21.7. The first kappa shape index (κ1) is 12.6. The number of carbonyl (C=O) groups is 2. The van der Waals surface area contributed by atoms with E-state index >= 15 is 0 Å². The van der Waals surface area contributed by atoms with E-state index in [0.717, 1.165) is 5.76 Å². The highest BCUT2D eigenvalue weighted by molar-refractivity contribution is 7.99. The van der Waals surface area contributed by atoms with Crippen LogP contribution in [0.1, 0.15) is 12.2 Å².